The van der Waals surface area contributed by atoms with Crippen LogP contribution < -0.4 is 5.32 Å². The highest BCUT2D eigenvalue weighted by Crippen LogP contribution is 2.16. The number of anilines is 1. The first-order valence-corrected chi connectivity index (χ1v) is 6.86. The maximum absolute atomic E-state index is 12.0. The molecule has 1 aliphatic heterocycles. The Kier molecular flexibility index (Phi) is 4.87. The molecule has 114 valence electrons. The molecule has 1 heterocycles. The number of morpholine rings is 1. The minimum absolute atomic E-state index is 0.00354. The van der Waals surface area contributed by atoms with Gasteiger partial charge in [-0.25, -0.2) is 0 Å². The first-order chi connectivity index (χ1) is 9.94. The van der Waals surface area contributed by atoms with Gasteiger partial charge in [-0.1, -0.05) is 0 Å². The van der Waals surface area contributed by atoms with Gasteiger partial charge in [0, 0.05) is 30.9 Å². The Morgan fingerprint density at radius 3 is 2.43 bits per heavy atom. The van der Waals surface area contributed by atoms with Gasteiger partial charge in [0.1, 0.15) is 0 Å². The summed E-state index contributed by atoms with van der Waals surface area (Å²) in [4.78, 5) is 24.1. The average Bonchev–Trinajstić information content (AvgIpc) is 2.37. The number of nitro benzene ring substituents is 1. The van der Waals surface area contributed by atoms with Crippen LogP contribution in [0, 0.1) is 10.1 Å². The van der Waals surface area contributed by atoms with Crippen molar-refractivity contribution in [1.82, 2.24) is 4.90 Å². The lowest BCUT2D eigenvalue weighted by Gasteiger charge is -2.34. The Hall–Kier alpha value is -1.99. The number of ether oxygens (including phenoxy) is 1. The van der Waals surface area contributed by atoms with Crippen molar-refractivity contribution in [3.05, 3.63) is 34.4 Å². The Labute approximate surface area is 123 Å². The molecule has 7 nitrogen and oxygen atoms in total. The number of rotatable bonds is 4. The number of non-ortho nitro benzene ring substituents is 1. The van der Waals surface area contributed by atoms with Gasteiger partial charge in [-0.15, -0.1) is 0 Å². The number of nitro groups is 1. The molecule has 0 bridgehead atoms. The lowest BCUT2D eigenvalue weighted by atomic mass is 10.2. The zero-order valence-electron chi connectivity index (χ0n) is 12.1. The van der Waals surface area contributed by atoms with Gasteiger partial charge in [-0.3, -0.25) is 19.8 Å². The smallest absolute Gasteiger partial charge is 0.269 e. The van der Waals surface area contributed by atoms with Crippen molar-refractivity contribution in [2.24, 2.45) is 0 Å². The molecule has 21 heavy (non-hydrogen) atoms. The quantitative estimate of drug-likeness (QED) is 0.674. The molecular formula is C14H19N3O4. The predicted molar refractivity (Wildman–Crippen MR) is 78.2 cm³/mol. The molecule has 2 atom stereocenters. The molecule has 1 fully saturated rings. The SMILES string of the molecule is C[C@H]1CN(CC(=O)Nc2ccc([N+](=O)[O-])cc2)C[C@H](C)O1. The zero-order valence-corrected chi connectivity index (χ0v) is 12.1. The summed E-state index contributed by atoms with van der Waals surface area (Å²) in [6, 6.07) is 5.80. The fraction of sp³-hybridized carbons (Fsp3) is 0.500. The highest BCUT2D eigenvalue weighted by Gasteiger charge is 2.23. The van der Waals surface area contributed by atoms with Gasteiger partial charge in [0.15, 0.2) is 0 Å². The summed E-state index contributed by atoms with van der Waals surface area (Å²) in [5.41, 5.74) is 0.559. The molecule has 0 unspecified atom stereocenters. The van der Waals surface area contributed by atoms with Crippen LogP contribution in [0.4, 0.5) is 11.4 Å². The molecule has 0 aromatic heterocycles. The number of hydrogen-bond donors (Lipinski definition) is 1. The maximum atomic E-state index is 12.0. The Bertz CT molecular complexity index is 507. The van der Waals surface area contributed by atoms with Gasteiger partial charge >= 0.3 is 0 Å². The van der Waals surface area contributed by atoms with E-state index < -0.39 is 4.92 Å². The first kappa shape index (κ1) is 15.4. The van der Waals surface area contributed by atoms with Crippen molar-refractivity contribution in [2.45, 2.75) is 26.1 Å². The predicted octanol–water partition coefficient (Wildman–Crippen LogP) is 1.64. The average molecular weight is 293 g/mol. The van der Waals surface area contributed by atoms with E-state index in [2.05, 4.69) is 5.32 Å². The second kappa shape index (κ2) is 6.64. The summed E-state index contributed by atoms with van der Waals surface area (Å²) < 4.78 is 5.61. The van der Waals surface area contributed by atoms with Gasteiger partial charge < -0.3 is 10.1 Å². The van der Waals surface area contributed by atoms with E-state index in [0.29, 0.717) is 5.69 Å². The molecule has 1 N–H and O–H groups in total. The summed E-state index contributed by atoms with van der Waals surface area (Å²) in [7, 11) is 0. The molecule has 7 heteroatoms. The molecule has 0 spiro atoms. The number of nitrogens with zero attached hydrogens (tertiary/aromatic N) is 2. The van der Waals surface area contributed by atoms with Crippen LogP contribution in [0.5, 0.6) is 0 Å². The van der Waals surface area contributed by atoms with Crippen molar-refractivity contribution < 1.29 is 14.5 Å². The third-order valence-electron chi connectivity index (χ3n) is 3.22. The van der Waals surface area contributed by atoms with E-state index in [-0.39, 0.29) is 30.3 Å². The van der Waals surface area contributed by atoms with Crippen LogP contribution in [0.1, 0.15) is 13.8 Å². The van der Waals surface area contributed by atoms with E-state index in [1.54, 1.807) is 0 Å². The minimum Gasteiger partial charge on any atom is -0.373 e. The van der Waals surface area contributed by atoms with Crippen LogP contribution in [-0.4, -0.2) is 47.6 Å². The fourth-order valence-corrected chi connectivity index (χ4v) is 2.48. The van der Waals surface area contributed by atoms with E-state index in [0.717, 1.165) is 13.1 Å². The minimum atomic E-state index is -0.470. The standard InChI is InChI=1S/C14H19N3O4/c1-10-7-16(8-11(2)21-10)9-14(18)15-12-3-5-13(6-4-12)17(19)20/h3-6,10-11H,7-9H2,1-2H3,(H,15,18)/t10-,11-/m0/s1. The van der Waals surface area contributed by atoms with Gasteiger partial charge in [0.05, 0.1) is 23.7 Å². The number of carbonyl (C=O) groups excluding carboxylic acids is 1. The van der Waals surface area contributed by atoms with E-state index in [4.69, 9.17) is 4.74 Å². The van der Waals surface area contributed by atoms with Crippen LogP contribution in [0.15, 0.2) is 24.3 Å². The normalized spacial score (nSPS) is 22.8. The summed E-state index contributed by atoms with van der Waals surface area (Å²) in [5, 5.41) is 13.3. The Morgan fingerprint density at radius 1 is 1.33 bits per heavy atom. The van der Waals surface area contributed by atoms with Crippen LogP contribution in [-0.2, 0) is 9.53 Å². The van der Waals surface area contributed by atoms with Gasteiger partial charge in [-0.2, -0.15) is 0 Å². The van der Waals surface area contributed by atoms with E-state index in [1.807, 2.05) is 18.7 Å². The molecule has 0 radical (unpaired) electrons. The molecule has 1 amide bonds. The third-order valence-corrected chi connectivity index (χ3v) is 3.22. The molecule has 1 aromatic carbocycles. The molecule has 0 aliphatic carbocycles. The highest BCUT2D eigenvalue weighted by molar-refractivity contribution is 5.92. The van der Waals surface area contributed by atoms with Crippen molar-refractivity contribution >= 4 is 17.3 Å². The Morgan fingerprint density at radius 2 is 1.90 bits per heavy atom. The first-order valence-electron chi connectivity index (χ1n) is 6.86. The largest absolute Gasteiger partial charge is 0.373 e. The summed E-state index contributed by atoms with van der Waals surface area (Å²) in [6.07, 6.45) is 0.224. The van der Waals surface area contributed by atoms with Gasteiger partial charge in [0.25, 0.3) is 5.69 Å². The third kappa shape index (κ3) is 4.51. The van der Waals surface area contributed by atoms with Gasteiger partial charge in [0.2, 0.25) is 5.91 Å². The van der Waals surface area contributed by atoms with Crippen LogP contribution in [0.3, 0.4) is 0 Å². The number of carbonyl (C=O) groups is 1. The summed E-state index contributed by atoms with van der Waals surface area (Å²) in [6.45, 7) is 5.69. The molecule has 1 saturated heterocycles. The van der Waals surface area contributed by atoms with E-state index in [1.165, 1.54) is 24.3 Å². The molecule has 0 saturated carbocycles. The van der Waals surface area contributed by atoms with Crippen molar-refractivity contribution in [1.29, 1.82) is 0 Å². The lowest BCUT2D eigenvalue weighted by Crippen LogP contribution is -2.48. The van der Waals surface area contributed by atoms with Crippen LogP contribution in [0.2, 0.25) is 0 Å². The highest BCUT2D eigenvalue weighted by atomic mass is 16.6. The van der Waals surface area contributed by atoms with Crippen LogP contribution >= 0.6 is 0 Å². The summed E-state index contributed by atoms with van der Waals surface area (Å²) >= 11 is 0. The van der Waals surface area contributed by atoms with Crippen molar-refractivity contribution in [2.75, 3.05) is 25.0 Å². The number of benzene rings is 1. The van der Waals surface area contributed by atoms with Crippen molar-refractivity contribution in [3.63, 3.8) is 0 Å². The zero-order chi connectivity index (χ0) is 15.4. The number of amides is 1. The number of nitrogens with one attached hydrogen (secondary N) is 1. The summed E-state index contributed by atoms with van der Waals surface area (Å²) in [5.74, 6) is -0.134. The topological polar surface area (TPSA) is 84.7 Å². The number of hydrogen-bond acceptors (Lipinski definition) is 5. The molecular weight excluding hydrogens is 274 g/mol. The Balaban J connectivity index is 1.88. The second-order valence-electron chi connectivity index (χ2n) is 5.30. The molecule has 1 aliphatic rings. The van der Waals surface area contributed by atoms with E-state index >= 15 is 0 Å². The maximum Gasteiger partial charge on any atom is 0.269 e. The van der Waals surface area contributed by atoms with E-state index in [9.17, 15) is 14.9 Å². The fourth-order valence-electron chi connectivity index (χ4n) is 2.48. The second-order valence-corrected chi connectivity index (χ2v) is 5.30. The lowest BCUT2D eigenvalue weighted by molar-refractivity contribution is -0.384. The molecule has 1 aromatic rings. The molecule has 2 rings (SSSR count). The van der Waals surface area contributed by atoms with Crippen molar-refractivity contribution in [3.8, 4) is 0 Å². The van der Waals surface area contributed by atoms with Gasteiger partial charge in [-0.05, 0) is 26.0 Å². The monoisotopic (exact) mass is 293 g/mol. The van der Waals surface area contributed by atoms with Crippen LogP contribution in [0.25, 0.3) is 0 Å².